The fraction of sp³-hybridized carbons (Fsp3) is 0.594. The molecule has 45 heavy (non-hydrogen) atoms. The molecule has 1 amide bonds. The lowest BCUT2D eigenvalue weighted by atomic mass is 9.94. The zero-order chi connectivity index (χ0) is 32.1. The molecule has 244 valence electrons. The van der Waals surface area contributed by atoms with Crippen molar-refractivity contribution in [3.63, 3.8) is 0 Å². The summed E-state index contributed by atoms with van der Waals surface area (Å²) in [5, 5.41) is 16.5. The van der Waals surface area contributed by atoms with E-state index < -0.39 is 17.8 Å². The van der Waals surface area contributed by atoms with Crippen molar-refractivity contribution in [1.29, 1.82) is 0 Å². The van der Waals surface area contributed by atoms with E-state index in [1.54, 1.807) is 25.3 Å². The van der Waals surface area contributed by atoms with Crippen LogP contribution in [-0.2, 0) is 11.2 Å². The van der Waals surface area contributed by atoms with E-state index in [-0.39, 0.29) is 11.9 Å². The zero-order valence-electron chi connectivity index (χ0n) is 26.8. The molecule has 12 nitrogen and oxygen atoms in total. The molecule has 0 radical (unpaired) electrons. The molecule has 2 fully saturated rings. The van der Waals surface area contributed by atoms with Crippen LogP contribution in [0.1, 0.15) is 64.8 Å². The summed E-state index contributed by atoms with van der Waals surface area (Å²) in [6.45, 7) is 12.3. The number of aliphatic hydroxyl groups is 1. The predicted octanol–water partition coefficient (Wildman–Crippen LogP) is 4.69. The van der Waals surface area contributed by atoms with Crippen molar-refractivity contribution in [1.82, 2.24) is 25.4 Å². The number of aliphatic hydroxyl groups excluding tert-OH is 1. The third-order valence-corrected chi connectivity index (χ3v) is 7.92. The molecule has 2 atom stereocenters. The number of aryl methyl sites for hydroxylation is 1. The van der Waals surface area contributed by atoms with E-state index in [0.29, 0.717) is 73.3 Å². The molecule has 3 aromatic rings. The molecule has 4 heterocycles. The number of hydrogen-bond acceptors (Lipinski definition) is 11. The number of ether oxygens (including phenoxy) is 2. The van der Waals surface area contributed by atoms with Crippen LogP contribution >= 0.6 is 0 Å². The average Bonchev–Trinajstić information content (AvgIpc) is 3.63. The summed E-state index contributed by atoms with van der Waals surface area (Å²) in [4.78, 5) is 30.1. The third kappa shape index (κ3) is 8.80. The van der Waals surface area contributed by atoms with Gasteiger partial charge in [0.25, 0.3) is 0 Å². The Bertz CT molecular complexity index is 1450. The van der Waals surface area contributed by atoms with E-state index in [1.807, 2.05) is 32.6 Å². The molecule has 2 unspecified atom stereocenters. The maximum Gasteiger partial charge on any atom is 0.407 e. The second-order valence-corrected chi connectivity index (χ2v) is 13.1. The van der Waals surface area contributed by atoms with E-state index in [4.69, 9.17) is 19.0 Å². The van der Waals surface area contributed by atoms with Crippen molar-refractivity contribution in [2.75, 3.05) is 42.6 Å². The molecule has 2 saturated heterocycles. The summed E-state index contributed by atoms with van der Waals surface area (Å²) >= 11 is 0. The number of aromatic nitrogens is 4. The fourth-order valence-electron chi connectivity index (χ4n) is 5.64. The number of anilines is 2. The Morgan fingerprint density at radius 3 is 2.67 bits per heavy atom. The molecule has 2 aliphatic heterocycles. The van der Waals surface area contributed by atoms with Crippen LogP contribution in [0, 0.1) is 18.7 Å². The highest BCUT2D eigenvalue weighted by Gasteiger charge is 2.29. The van der Waals surface area contributed by atoms with Crippen LogP contribution in [0.15, 0.2) is 28.9 Å². The van der Waals surface area contributed by atoms with E-state index in [0.717, 1.165) is 37.9 Å². The van der Waals surface area contributed by atoms with Gasteiger partial charge in [0.05, 0.1) is 24.9 Å². The summed E-state index contributed by atoms with van der Waals surface area (Å²) in [5.74, 6) is 1.45. The van der Waals surface area contributed by atoms with Crippen LogP contribution < -0.4 is 19.9 Å². The van der Waals surface area contributed by atoms with Gasteiger partial charge in [-0.25, -0.2) is 19.2 Å². The highest BCUT2D eigenvalue weighted by molar-refractivity contribution is 5.69. The van der Waals surface area contributed by atoms with Crippen molar-refractivity contribution in [3.05, 3.63) is 41.6 Å². The normalized spacial score (nSPS) is 18.2. The topological polar surface area (TPSA) is 139 Å². The van der Waals surface area contributed by atoms with Crippen LogP contribution in [0.5, 0.6) is 5.75 Å². The summed E-state index contributed by atoms with van der Waals surface area (Å²) in [6.07, 6.45) is 4.43. The van der Waals surface area contributed by atoms with Gasteiger partial charge in [-0.15, -0.1) is 0 Å². The van der Waals surface area contributed by atoms with Crippen molar-refractivity contribution < 1.29 is 28.3 Å². The van der Waals surface area contributed by atoms with Crippen LogP contribution in [0.4, 0.5) is 21.1 Å². The maximum atomic E-state index is 15.1. The van der Waals surface area contributed by atoms with Crippen LogP contribution in [0.2, 0.25) is 0 Å². The van der Waals surface area contributed by atoms with E-state index in [2.05, 4.69) is 25.3 Å². The minimum atomic E-state index is -0.578. The molecule has 2 aromatic heterocycles. The lowest BCUT2D eigenvalue weighted by molar-refractivity contribution is 0.0509. The highest BCUT2D eigenvalue weighted by atomic mass is 19.1. The zero-order valence-corrected chi connectivity index (χ0v) is 26.8. The summed E-state index contributed by atoms with van der Waals surface area (Å²) in [7, 11) is 0. The van der Waals surface area contributed by atoms with Crippen LogP contribution in [0.25, 0.3) is 11.3 Å². The average molecular weight is 626 g/mol. The molecular formula is C32H44FN7O5. The number of hydrogen-bond donors (Lipinski definition) is 2. The van der Waals surface area contributed by atoms with Gasteiger partial charge in [0.15, 0.2) is 11.6 Å². The van der Waals surface area contributed by atoms with Crippen molar-refractivity contribution in [2.45, 2.75) is 84.5 Å². The van der Waals surface area contributed by atoms with Gasteiger partial charge in [0.2, 0.25) is 5.95 Å². The highest BCUT2D eigenvalue weighted by Crippen LogP contribution is 2.33. The monoisotopic (exact) mass is 625 g/mol. The second kappa shape index (κ2) is 14.0. The third-order valence-electron chi connectivity index (χ3n) is 7.92. The van der Waals surface area contributed by atoms with Crippen molar-refractivity contribution >= 4 is 18.1 Å². The van der Waals surface area contributed by atoms with Gasteiger partial charge in [0.1, 0.15) is 17.1 Å². The SMILES string of the molecule is Cc1ccc(F)c(-c2nc(N3CCC(NC(=O)OC(C)(C)C)C3)ncc2OCCC2CCN(c3nc(CC(C)O)no3)CC2)c1. The number of carbonyl (C=O) groups is 1. The Morgan fingerprint density at radius 2 is 1.93 bits per heavy atom. The number of rotatable bonds is 10. The Kier molecular flexibility index (Phi) is 10.1. The first-order chi connectivity index (χ1) is 21.4. The molecule has 0 bridgehead atoms. The smallest absolute Gasteiger partial charge is 0.407 e. The molecule has 2 N–H and O–H groups in total. The maximum absolute atomic E-state index is 15.1. The summed E-state index contributed by atoms with van der Waals surface area (Å²) < 4.78 is 32.1. The lowest BCUT2D eigenvalue weighted by Crippen LogP contribution is -2.40. The Balaban J connectivity index is 1.21. The number of piperidine rings is 1. The van der Waals surface area contributed by atoms with Gasteiger partial charge in [-0.05, 0) is 78.4 Å². The number of amides is 1. The second-order valence-electron chi connectivity index (χ2n) is 13.1. The molecule has 13 heteroatoms. The van der Waals surface area contributed by atoms with Crippen molar-refractivity contribution in [2.24, 2.45) is 5.92 Å². The van der Waals surface area contributed by atoms with Gasteiger partial charge in [-0.1, -0.05) is 16.8 Å². The molecule has 0 saturated carbocycles. The number of carbonyl (C=O) groups excluding carboxylic acids is 1. The number of nitrogens with one attached hydrogen (secondary N) is 1. The number of halogens is 1. The first kappa shape index (κ1) is 32.4. The van der Waals surface area contributed by atoms with E-state index in [9.17, 15) is 9.90 Å². The summed E-state index contributed by atoms with van der Waals surface area (Å²) in [6, 6.07) is 5.31. The molecule has 0 spiro atoms. The van der Waals surface area contributed by atoms with Crippen LogP contribution in [0.3, 0.4) is 0 Å². The first-order valence-electron chi connectivity index (χ1n) is 15.7. The Hall–Kier alpha value is -4.00. The Morgan fingerprint density at radius 1 is 1.18 bits per heavy atom. The quantitative estimate of drug-likeness (QED) is 0.325. The van der Waals surface area contributed by atoms with Crippen molar-refractivity contribution in [3.8, 4) is 17.0 Å². The van der Waals surface area contributed by atoms with Gasteiger partial charge in [-0.2, -0.15) is 4.98 Å². The largest absolute Gasteiger partial charge is 0.490 e. The molecular weight excluding hydrogens is 581 g/mol. The Labute approximate surface area is 263 Å². The minimum absolute atomic E-state index is 0.115. The number of nitrogens with zero attached hydrogens (tertiary/aromatic N) is 6. The minimum Gasteiger partial charge on any atom is -0.490 e. The number of benzene rings is 1. The fourth-order valence-corrected chi connectivity index (χ4v) is 5.64. The van der Waals surface area contributed by atoms with E-state index >= 15 is 4.39 Å². The number of alkyl carbamates (subject to hydrolysis) is 1. The van der Waals surface area contributed by atoms with Gasteiger partial charge in [0, 0.05) is 38.2 Å². The molecule has 0 aliphatic carbocycles. The lowest BCUT2D eigenvalue weighted by Gasteiger charge is -2.30. The standard InChI is InChI=1S/C32H44FN7O5/c1-20-6-7-25(33)24(16-20)28-26(18-34-29(37-28)40-14-10-23(19-40)35-31(42)44-32(3,4)5)43-15-11-22-8-12-39(13-9-22)30-36-27(38-45-30)17-21(2)41/h6-7,16,18,21-23,41H,8-15,17,19H2,1-5H3,(H,35,42). The van der Waals surface area contributed by atoms with Gasteiger partial charge >= 0.3 is 12.1 Å². The summed E-state index contributed by atoms with van der Waals surface area (Å²) in [5.41, 5.74) is 1.10. The van der Waals surface area contributed by atoms with E-state index in [1.165, 1.54) is 6.07 Å². The van der Waals surface area contributed by atoms with Crippen LogP contribution in [-0.4, -0.2) is 81.8 Å². The molecule has 5 rings (SSSR count). The molecule has 2 aliphatic rings. The van der Waals surface area contributed by atoms with Gasteiger partial charge in [-0.3, -0.25) is 0 Å². The predicted molar refractivity (Wildman–Crippen MR) is 167 cm³/mol. The first-order valence-corrected chi connectivity index (χ1v) is 15.7. The van der Waals surface area contributed by atoms with Gasteiger partial charge < -0.3 is 34.2 Å². The molecule has 1 aromatic carbocycles.